The minimum atomic E-state index is 0.544. The number of para-hydroxylation sites is 1. The lowest BCUT2D eigenvalue weighted by Crippen LogP contribution is -2.35. The average molecular weight is 269 g/mol. The quantitative estimate of drug-likeness (QED) is 0.796. The van der Waals surface area contributed by atoms with Crippen molar-refractivity contribution in [1.29, 1.82) is 0 Å². The van der Waals surface area contributed by atoms with Gasteiger partial charge in [0.25, 0.3) is 0 Å². The van der Waals surface area contributed by atoms with E-state index in [1.54, 1.807) is 0 Å². The second-order valence-corrected chi connectivity index (χ2v) is 6.03. The van der Waals surface area contributed by atoms with Crippen LogP contribution in [-0.2, 0) is 0 Å². The van der Waals surface area contributed by atoms with E-state index < -0.39 is 0 Å². The molecule has 2 heteroatoms. The van der Waals surface area contributed by atoms with Crippen LogP contribution in [0.2, 0.25) is 0 Å². The topological polar surface area (TPSA) is 9.23 Å². The summed E-state index contributed by atoms with van der Waals surface area (Å²) in [5.74, 6) is 1.70. The van der Waals surface area contributed by atoms with E-state index in [4.69, 9.17) is 4.74 Å². The number of ether oxygens (including phenoxy) is 1. The van der Waals surface area contributed by atoms with Crippen LogP contribution >= 0.6 is 15.9 Å². The molecule has 0 heterocycles. The minimum Gasteiger partial charge on any atom is -0.492 e. The fourth-order valence-corrected chi connectivity index (χ4v) is 2.79. The lowest BCUT2D eigenvalue weighted by atomic mass is 9.65. The largest absolute Gasteiger partial charge is 0.492 e. The molecule has 1 aromatic rings. The van der Waals surface area contributed by atoms with Gasteiger partial charge in [0.2, 0.25) is 0 Å². The first-order valence-electron chi connectivity index (χ1n) is 5.44. The van der Waals surface area contributed by atoms with Crippen molar-refractivity contribution in [2.75, 3.05) is 6.61 Å². The Hall–Kier alpha value is -0.500. The molecule has 0 saturated heterocycles. The van der Waals surface area contributed by atoms with Gasteiger partial charge >= 0.3 is 0 Å². The summed E-state index contributed by atoms with van der Waals surface area (Å²) in [7, 11) is 0. The Kier molecular flexibility index (Phi) is 3.06. The molecule has 82 valence electrons. The molecule has 0 bridgehead atoms. The third-order valence-corrected chi connectivity index (χ3v) is 3.65. The van der Waals surface area contributed by atoms with Crippen molar-refractivity contribution >= 4 is 15.9 Å². The Morgan fingerprint density at radius 1 is 1.33 bits per heavy atom. The van der Waals surface area contributed by atoms with Crippen molar-refractivity contribution in [3.8, 4) is 5.75 Å². The predicted molar refractivity (Wildman–Crippen MR) is 66.1 cm³/mol. The number of halogens is 1. The highest BCUT2D eigenvalue weighted by Gasteiger charge is 2.36. The van der Waals surface area contributed by atoms with E-state index in [2.05, 4.69) is 29.8 Å². The molecule has 1 aliphatic carbocycles. The maximum atomic E-state index is 5.79. The van der Waals surface area contributed by atoms with Crippen LogP contribution in [0.25, 0.3) is 0 Å². The SMILES string of the molecule is CC1(C)CC(COc2ccccc2Br)C1. The molecule has 0 radical (unpaired) electrons. The van der Waals surface area contributed by atoms with Crippen molar-refractivity contribution in [3.05, 3.63) is 28.7 Å². The number of benzene rings is 1. The second-order valence-electron chi connectivity index (χ2n) is 5.18. The van der Waals surface area contributed by atoms with Gasteiger partial charge in [0, 0.05) is 0 Å². The van der Waals surface area contributed by atoms with E-state index in [0.717, 1.165) is 22.7 Å². The zero-order valence-electron chi connectivity index (χ0n) is 9.29. The molecule has 0 atom stereocenters. The summed E-state index contributed by atoms with van der Waals surface area (Å²) in [5.41, 5.74) is 0.544. The maximum Gasteiger partial charge on any atom is 0.133 e. The lowest BCUT2D eigenvalue weighted by Gasteiger charge is -2.42. The first-order valence-corrected chi connectivity index (χ1v) is 6.23. The van der Waals surface area contributed by atoms with Crippen LogP contribution in [0.3, 0.4) is 0 Å². The molecule has 0 amide bonds. The molecule has 0 unspecified atom stereocenters. The zero-order valence-corrected chi connectivity index (χ0v) is 10.9. The monoisotopic (exact) mass is 268 g/mol. The highest BCUT2D eigenvalue weighted by Crippen LogP contribution is 2.44. The molecule has 15 heavy (non-hydrogen) atoms. The summed E-state index contributed by atoms with van der Waals surface area (Å²) in [6.07, 6.45) is 2.58. The van der Waals surface area contributed by atoms with Gasteiger partial charge in [0.05, 0.1) is 11.1 Å². The fourth-order valence-electron chi connectivity index (χ4n) is 2.39. The summed E-state index contributed by atoms with van der Waals surface area (Å²) in [5, 5.41) is 0. The summed E-state index contributed by atoms with van der Waals surface area (Å²) in [6.45, 7) is 5.50. The molecule has 1 nitrogen and oxygen atoms in total. The highest BCUT2D eigenvalue weighted by atomic mass is 79.9. The Labute approximate surface area is 100.0 Å². The van der Waals surface area contributed by atoms with Crippen LogP contribution in [0.4, 0.5) is 0 Å². The van der Waals surface area contributed by atoms with Crippen LogP contribution in [0, 0.1) is 11.3 Å². The second kappa shape index (κ2) is 4.17. The Bertz CT molecular complexity index is 338. The van der Waals surface area contributed by atoms with Crippen molar-refractivity contribution in [2.45, 2.75) is 26.7 Å². The fraction of sp³-hybridized carbons (Fsp3) is 0.538. The van der Waals surface area contributed by atoms with Gasteiger partial charge < -0.3 is 4.74 Å². The number of rotatable bonds is 3. The van der Waals surface area contributed by atoms with E-state index in [9.17, 15) is 0 Å². The molecular formula is C13H17BrO. The van der Waals surface area contributed by atoms with Crippen molar-refractivity contribution in [2.24, 2.45) is 11.3 Å². The summed E-state index contributed by atoms with van der Waals surface area (Å²) in [6, 6.07) is 8.03. The minimum absolute atomic E-state index is 0.544. The predicted octanol–water partition coefficient (Wildman–Crippen LogP) is 4.26. The summed E-state index contributed by atoms with van der Waals surface area (Å²) < 4.78 is 6.83. The van der Waals surface area contributed by atoms with Crippen molar-refractivity contribution in [1.82, 2.24) is 0 Å². The Morgan fingerprint density at radius 2 is 2.00 bits per heavy atom. The van der Waals surface area contributed by atoms with E-state index in [1.165, 1.54) is 12.8 Å². The first kappa shape index (κ1) is 11.0. The standard InChI is InChI=1S/C13H17BrO/c1-13(2)7-10(8-13)9-15-12-6-4-3-5-11(12)14/h3-6,10H,7-9H2,1-2H3. The molecule has 0 spiro atoms. The summed E-state index contributed by atoms with van der Waals surface area (Å²) in [4.78, 5) is 0. The van der Waals surface area contributed by atoms with E-state index in [0.29, 0.717) is 5.41 Å². The maximum absolute atomic E-state index is 5.79. The molecule has 0 aromatic heterocycles. The van der Waals surface area contributed by atoms with Gasteiger partial charge in [-0.3, -0.25) is 0 Å². The van der Waals surface area contributed by atoms with Gasteiger partial charge in [-0.2, -0.15) is 0 Å². The molecule has 2 rings (SSSR count). The molecule has 0 N–H and O–H groups in total. The van der Waals surface area contributed by atoms with E-state index in [-0.39, 0.29) is 0 Å². The van der Waals surface area contributed by atoms with Crippen LogP contribution < -0.4 is 4.74 Å². The molecule has 0 aliphatic heterocycles. The van der Waals surface area contributed by atoms with Crippen molar-refractivity contribution < 1.29 is 4.74 Å². The van der Waals surface area contributed by atoms with Gasteiger partial charge in [-0.1, -0.05) is 26.0 Å². The van der Waals surface area contributed by atoms with Gasteiger partial charge in [0.1, 0.15) is 5.75 Å². The summed E-state index contributed by atoms with van der Waals surface area (Å²) >= 11 is 3.48. The number of hydrogen-bond donors (Lipinski definition) is 0. The third-order valence-electron chi connectivity index (χ3n) is 2.99. The van der Waals surface area contributed by atoms with Crippen LogP contribution in [-0.4, -0.2) is 6.61 Å². The lowest BCUT2D eigenvalue weighted by molar-refractivity contribution is 0.0549. The molecule has 1 aliphatic rings. The van der Waals surface area contributed by atoms with E-state index >= 15 is 0 Å². The zero-order chi connectivity index (χ0) is 10.9. The molecule has 1 fully saturated rings. The van der Waals surface area contributed by atoms with Gasteiger partial charge in [0.15, 0.2) is 0 Å². The average Bonchev–Trinajstić information content (AvgIpc) is 2.13. The van der Waals surface area contributed by atoms with E-state index in [1.807, 2.05) is 24.3 Å². The normalized spacial score (nSPS) is 19.7. The molecule has 1 saturated carbocycles. The molecular weight excluding hydrogens is 252 g/mol. The van der Waals surface area contributed by atoms with Crippen LogP contribution in [0.15, 0.2) is 28.7 Å². The van der Waals surface area contributed by atoms with Gasteiger partial charge in [-0.05, 0) is 52.2 Å². The highest BCUT2D eigenvalue weighted by molar-refractivity contribution is 9.10. The number of hydrogen-bond acceptors (Lipinski definition) is 1. The van der Waals surface area contributed by atoms with Crippen LogP contribution in [0.5, 0.6) is 5.75 Å². The third kappa shape index (κ3) is 2.75. The Balaban J connectivity index is 1.82. The first-order chi connectivity index (χ1) is 7.07. The van der Waals surface area contributed by atoms with Gasteiger partial charge in [-0.25, -0.2) is 0 Å². The molecule has 1 aromatic carbocycles. The van der Waals surface area contributed by atoms with Crippen molar-refractivity contribution in [3.63, 3.8) is 0 Å². The van der Waals surface area contributed by atoms with Gasteiger partial charge in [-0.15, -0.1) is 0 Å². The Morgan fingerprint density at radius 3 is 2.60 bits per heavy atom. The smallest absolute Gasteiger partial charge is 0.133 e. The van der Waals surface area contributed by atoms with Crippen LogP contribution in [0.1, 0.15) is 26.7 Å².